The highest BCUT2D eigenvalue weighted by atomic mass is 32.2. The van der Waals surface area contributed by atoms with Gasteiger partial charge in [-0.25, -0.2) is 8.42 Å². The molecule has 142 valence electrons. The second kappa shape index (κ2) is 7.24. The van der Waals surface area contributed by atoms with Gasteiger partial charge in [0.25, 0.3) is 5.91 Å². The van der Waals surface area contributed by atoms with Crippen LogP contribution < -0.4 is 9.62 Å². The Kier molecular flexibility index (Phi) is 5.19. The van der Waals surface area contributed by atoms with E-state index >= 15 is 0 Å². The Morgan fingerprint density at radius 1 is 1.27 bits per heavy atom. The molecular weight excluding hydrogens is 360 g/mol. The Morgan fingerprint density at radius 3 is 2.62 bits per heavy atom. The van der Waals surface area contributed by atoms with Crippen LogP contribution in [0.1, 0.15) is 29.6 Å². The van der Waals surface area contributed by atoms with Gasteiger partial charge in [0.15, 0.2) is 0 Å². The molecule has 0 bridgehead atoms. The van der Waals surface area contributed by atoms with E-state index in [-0.39, 0.29) is 12.3 Å². The minimum Gasteiger partial charge on any atom is -0.481 e. The molecule has 2 saturated heterocycles. The normalized spacial score (nSPS) is 21.3. The topological polar surface area (TPSA) is 113 Å². The zero-order valence-electron chi connectivity index (χ0n) is 14.3. The van der Waals surface area contributed by atoms with Crippen molar-refractivity contribution in [3.8, 4) is 0 Å². The smallest absolute Gasteiger partial charge is 0.311 e. The first kappa shape index (κ1) is 18.7. The first-order valence-corrected chi connectivity index (χ1v) is 10.1. The number of carbonyl (C=O) groups is 2. The van der Waals surface area contributed by atoms with Crippen LogP contribution >= 0.6 is 0 Å². The van der Waals surface area contributed by atoms with Crippen molar-refractivity contribution < 1.29 is 27.9 Å². The molecule has 2 N–H and O–H groups in total. The Labute approximate surface area is 152 Å². The molecular formula is C17H22N2O6S. The van der Waals surface area contributed by atoms with Crippen LogP contribution in [0.5, 0.6) is 0 Å². The SMILES string of the molecule is O=C(NCC1(C(=O)O)CCOCC1)c1cccc(N2CCCS2(=O)=O)c1. The highest BCUT2D eigenvalue weighted by molar-refractivity contribution is 7.93. The minimum absolute atomic E-state index is 0.0107. The van der Waals surface area contributed by atoms with Crippen molar-refractivity contribution >= 4 is 27.6 Å². The number of anilines is 1. The summed E-state index contributed by atoms with van der Waals surface area (Å²) in [7, 11) is -3.32. The van der Waals surface area contributed by atoms with Gasteiger partial charge < -0.3 is 15.2 Å². The molecule has 0 spiro atoms. The van der Waals surface area contributed by atoms with Crippen LogP contribution in [0.4, 0.5) is 5.69 Å². The molecule has 0 saturated carbocycles. The van der Waals surface area contributed by atoms with E-state index in [2.05, 4.69) is 5.32 Å². The van der Waals surface area contributed by atoms with Gasteiger partial charge in [-0.3, -0.25) is 13.9 Å². The monoisotopic (exact) mass is 382 g/mol. The molecule has 2 heterocycles. The van der Waals surface area contributed by atoms with Gasteiger partial charge >= 0.3 is 5.97 Å². The lowest BCUT2D eigenvalue weighted by atomic mass is 9.80. The second-order valence-corrected chi connectivity index (χ2v) is 8.69. The van der Waals surface area contributed by atoms with E-state index in [0.29, 0.717) is 50.3 Å². The summed E-state index contributed by atoms with van der Waals surface area (Å²) in [6, 6.07) is 6.38. The number of ether oxygens (including phenoxy) is 1. The zero-order chi connectivity index (χ0) is 18.8. The van der Waals surface area contributed by atoms with E-state index in [4.69, 9.17) is 4.74 Å². The molecule has 2 aliphatic heterocycles. The Bertz CT molecular complexity index is 801. The lowest BCUT2D eigenvalue weighted by Crippen LogP contribution is -2.46. The maximum Gasteiger partial charge on any atom is 0.311 e. The standard InChI is InChI=1S/C17H22N2O6S/c20-15(18-12-17(16(21)22)5-8-25-9-6-17)13-3-1-4-14(11-13)19-7-2-10-26(19,23)24/h1,3-4,11H,2,5-10,12H2,(H,18,20)(H,21,22). The average molecular weight is 382 g/mol. The fourth-order valence-corrected chi connectivity index (χ4v) is 4.87. The predicted molar refractivity (Wildman–Crippen MR) is 94.6 cm³/mol. The number of carbonyl (C=O) groups excluding carboxylic acids is 1. The molecule has 26 heavy (non-hydrogen) atoms. The van der Waals surface area contributed by atoms with Gasteiger partial charge in [-0.2, -0.15) is 0 Å². The van der Waals surface area contributed by atoms with Crippen molar-refractivity contribution in [1.82, 2.24) is 5.32 Å². The Morgan fingerprint density at radius 2 is 2.00 bits per heavy atom. The summed E-state index contributed by atoms with van der Waals surface area (Å²) in [4.78, 5) is 24.1. The van der Waals surface area contributed by atoms with E-state index in [0.717, 1.165) is 0 Å². The third kappa shape index (κ3) is 3.68. The molecule has 1 amide bonds. The Balaban J connectivity index is 1.72. The van der Waals surface area contributed by atoms with Gasteiger partial charge in [0.1, 0.15) is 0 Å². The van der Waals surface area contributed by atoms with Crippen LogP contribution in [0.25, 0.3) is 0 Å². The number of carboxylic acids is 1. The van der Waals surface area contributed by atoms with E-state index in [1.807, 2.05) is 0 Å². The lowest BCUT2D eigenvalue weighted by molar-refractivity contribution is -0.154. The molecule has 3 rings (SSSR count). The molecule has 0 aliphatic carbocycles. The average Bonchev–Trinajstić information content (AvgIpc) is 2.99. The fraction of sp³-hybridized carbons (Fsp3) is 0.529. The number of nitrogens with zero attached hydrogens (tertiary/aromatic N) is 1. The number of hydrogen-bond donors (Lipinski definition) is 2. The first-order valence-electron chi connectivity index (χ1n) is 8.54. The van der Waals surface area contributed by atoms with Crippen LogP contribution in [0.2, 0.25) is 0 Å². The van der Waals surface area contributed by atoms with Crippen molar-refractivity contribution in [2.24, 2.45) is 5.41 Å². The maximum atomic E-state index is 12.5. The lowest BCUT2D eigenvalue weighted by Gasteiger charge is -2.33. The van der Waals surface area contributed by atoms with Gasteiger partial charge in [-0.05, 0) is 37.5 Å². The largest absolute Gasteiger partial charge is 0.481 e. The van der Waals surface area contributed by atoms with Crippen molar-refractivity contribution in [3.05, 3.63) is 29.8 Å². The first-order chi connectivity index (χ1) is 12.3. The number of aliphatic carboxylic acids is 1. The van der Waals surface area contributed by atoms with Gasteiger partial charge in [0.2, 0.25) is 10.0 Å². The van der Waals surface area contributed by atoms with Crippen molar-refractivity contribution in [2.45, 2.75) is 19.3 Å². The van der Waals surface area contributed by atoms with Crippen molar-refractivity contribution in [2.75, 3.05) is 36.4 Å². The van der Waals surface area contributed by atoms with Crippen LogP contribution in [0.15, 0.2) is 24.3 Å². The molecule has 0 atom stereocenters. The van der Waals surface area contributed by atoms with E-state index < -0.39 is 27.3 Å². The van der Waals surface area contributed by atoms with Gasteiger partial charge in [0, 0.05) is 31.9 Å². The molecule has 0 aromatic heterocycles. The molecule has 1 aromatic carbocycles. The number of amides is 1. The quantitative estimate of drug-likeness (QED) is 0.780. The summed E-state index contributed by atoms with van der Waals surface area (Å²) < 4.78 is 30.6. The number of benzene rings is 1. The van der Waals surface area contributed by atoms with Gasteiger partial charge in [-0.1, -0.05) is 6.07 Å². The minimum atomic E-state index is -3.32. The van der Waals surface area contributed by atoms with Crippen LogP contribution in [0.3, 0.4) is 0 Å². The third-order valence-electron chi connectivity index (χ3n) is 4.99. The summed E-state index contributed by atoms with van der Waals surface area (Å²) in [5, 5.41) is 12.2. The number of nitrogens with one attached hydrogen (secondary N) is 1. The van der Waals surface area contributed by atoms with Gasteiger partial charge in [-0.15, -0.1) is 0 Å². The number of hydrogen-bond acceptors (Lipinski definition) is 5. The number of rotatable bonds is 5. The molecule has 0 unspecified atom stereocenters. The zero-order valence-corrected chi connectivity index (χ0v) is 15.1. The highest BCUT2D eigenvalue weighted by Gasteiger charge is 2.40. The third-order valence-corrected chi connectivity index (χ3v) is 6.86. The van der Waals surface area contributed by atoms with Gasteiger partial charge in [0.05, 0.1) is 16.9 Å². The predicted octanol–water partition coefficient (Wildman–Crippen LogP) is 0.838. The molecule has 9 heteroatoms. The molecule has 0 radical (unpaired) electrons. The molecule has 8 nitrogen and oxygen atoms in total. The van der Waals surface area contributed by atoms with E-state index in [1.54, 1.807) is 18.2 Å². The number of sulfonamides is 1. The summed E-state index contributed by atoms with van der Waals surface area (Å²) in [5.41, 5.74) is -0.268. The Hall–Kier alpha value is -2.13. The highest BCUT2D eigenvalue weighted by Crippen LogP contribution is 2.30. The summed E-state index contributed by atoms with van der Waals surface area (Å²) >= 11 is 0. The van der Waals surface area contributed by atoms with Crippen molar-refractivity contribution in [3.63, 3.8) is 0 Å². The van der Waals surface area contributed by atoms with Crippen LogP contribution in [-0.2, 0) is 19.6 Å². The van der Waals surface area contributed by atoms with E-state index in [1.165, 1.54) is 10.4 Å². The second-order valence-electron chi connectivity index (χ2n) is 6.67. The summed E-state index contributed by atoms with van der Waals surface area (Å²) in [6.45, 7) is 1.11. The van der Waals surface area contributed by atoms with E-state index in [9.17, 15) is 23.1 Å². The molecule has 2 fully saturated rings. The summed E-state index contributed by atoms with van der Waals surface area (Å²) in [6.07, 6.45) is 1.24. The molecule has 1 aromatic rings. The summed E-state index contributed by atoms with van der Waals surface area (Å²) in [5.74, 6) is -1.26. The van der Waals surface area contributed by atoms with Crippen molar-refractivity contribution in [1.29, 1.82) is 0 Å². The number of carboxylic acid groups (broad SMARTS) is 1. The van der Waals surface area contributed by atoms with Crippen LogP contribution in [-0.4, -0.2) is 57.5 Å². The molecule has 2 aliphatic rings. The van der Waals surface area contributed by atoms with Crippen LogP contribution in [0, 0.1) is 5.41 Å². The maximum absolute atomic E-state index is 12.5. The fourth-order valence-electron chi connectivity index (χ4n) is 3.31.